The Hall–Kier alpha value is 0.680. The zero-order valence-corrected chi connectivity index (χ0v) is 8.90. The maximum atomic E-state index is 8.93. The first-order chi connectivity index (χ1) is 4.22. The van der Waals surface area contributed by atoms with Crippen molar-refractivity contribution in [3.05, 3.63) is 0 Å². The van der Waals surface area contributed by atoms with E-state index in [0.717, 1.165) is 0 Å². The van der Waals surface area contributed by atoms with E-state index in [0.29, 0.717) is 0 Å². The molecule has 0 radical (unpaired) electrons. The van der Waals surface area contributed by atoms with E-state index in [1.54, 1.807) is 12.4 Å². The third kappa shape index (κ3) is 23.4. The van der Waals surface area contributed by atoms with Crippen molar-refractivity contribution >= 4 is 17.4 Å². The molecular weight excluding hydrogens is 166 g/mol. The molecule has 0 atom stereocenters. The van der Waals surface area contributed by atoms with Gasteiger partial charge in [-0.1, -0.05) is 6.92 Å². The summed E-state index contributed by atoms with van der Waals surface area (Å²) in [5.74, 6) is -0.0621. The van der Waals surface area contributed by atoms with E-state index < -0.39 is 0 Å². The molecule has 56 valence electrons. The zero-order chi connectivity index (χ0) is 7.70. The summed E-state index contributed by atoms with van der Waals surface area (Å²) in [4.78, 5) is 0. The van der Waals surface area contributed by atoms with Crippen LogP contribution in [-0.4, -0.2) is 23.5 Å². The SMILES string of the molecule is CC[O-].N=C(CCl)NO.[Na+]. The second-order valence-electron chi connectivity index (χ2n) is 1.01. The Morgan fingerprint density at radius 2 is 2.10 bits per heavy atom. The fourth-order valence-electron chi connectivity index (χ4n) is 0.0299. The van der Waals surface area contributed by atoms with Crippen LogP contribution >= 0.6 is 11.6 Å². The Balaban J connectivity index is -0.000000107. The monoisotopic (exact) mass is 176 g/mol. The number of hydrogen-bond acceptors (Lipinski definition) is 3. The summed E-state index contributed by atoms with van der Waals surface area (Å²) in [6, 6.07) is 0. The van der Waals surface area contributed by atoms with E-state index in [1.807, 2.05) is 0 Å². The molecule has 0 rings (SSSR count). The van der Waals surface area contributed by atoms with Crippen molar-refractivity contribution in [2.75, 3.05) is 12.5 Å². The van der Waals surface area contributed by atoms with Crippen molar-refractivity contribution in [1.29, 1.82) is 5.41 Å². The number of rotatable bonds is 1. The van der Waals surface area contributed by atoms with Crippen molar-refractivity contribution in [3.8, 4) is 0 Å². The van der Waals surface area contributed by atoms with Crippen LogP contribution < -0.4 is 40.1 Å². The maximum Gasteiger partial charge on any atom is 1.00 e. The minimum Gasteiger partial charge on any atom is -0.855 e. The largest absolute Gasteiger partial charge is 1.00 e. The van der Waals surface area contributed by atoms with E-state index in [4.69, 9.17) is 27.3 Å². The van der Waals surface area contributed by atoms with Gasteiger partial charge in [0, 0.05) is 0 Å². The minimum atomic E-state index is -0.0864. The van der Waals surface area contributed by atoms with Crippen molar-refractivity contribution in [1.82, 2.24) is 5.48 Å². The molecule has 0 aliphatic rings. The van der Waals surface area contributed by atoms with E-state index in [-0.39, 0.29) is 47.9 Å². The van der Waals surface area contributed by atoms with Gasteiger partial charge in [-0.2, -0.15) is 0 Å². The van der Waals surface area contributed by atoms with Crippen LogP contribution in [0.1, 0.15) is 6.92 Å². The topological polar surface area (TPSA) is 79.2 Å². The van der Waals surface area contributed by atoms with Gasteiger partial charge in [-0.05, 0) is 0 Å². The van der Waals surface area contributed by atoms with E-state index in [9.17, 15) is 0 Å². The molecule has 0 aromatic carbocycles. The van der Waals surface area contributed by atoms with Gasteiger partial charge in [0.05, 0.1) is 5.88 Å². The molecule has 3 N–H and O–H groups in total. The zero-order valence-electron chi connectivity index (χ0n) is 6.15. The van der Waals surface area contributed by atoms with Gasteiger partial charge >= 0.3 is 29.6 Å². The molecule has 0 heterocycles. The Morgan fingerprint density at radius 3 is 2.10 bits per heavy atom. The van der Waals surface area contributed by atoms with Gasteiger partial charge in [0.15, 0.2) is 0 Å². The van der Waals surface area contributed by atoms with Crippen LogP contribution in [-0.2, 0) is 0 Å². The fraction of sp³-hybridized carbons (Fsp3) is 0.750. The number of amidine groups is 1. The molecule has 4 nitrogen and oxygen atoms in total. The second-order valence-corrected chi connectivity index (χ2v) is 1.28. The van der Waals surface area contributed by atoms with Gasteiger partial charge < -0.3 is 5.11 Å². The molecule has 0 spiro atoms. The Kier molecular flexibility index (Phi) is 27.7. The van der Waals surface area contributed by atoms with Crippen LogP contribution in [0.4, 0.5) is 0 Å². The van der Waals surface area contributed by atoms with E-state index >= 15 is 0 Å². The maximum absolute atomic E-state index is 8.93. The van der Waals surface area contributed by atoms with Crippen molar-refractivity contribution in [2.45, 2.75) is 6.92 Å². The summed E-state index contributed by atoms with van der Waals surface area (Å²) in [5, 5.41) is 23.2. The average molecular weight is 177 g/mol. The number of nitrogens with one attached hydrogen (secondary N) is 2. The molecule has 0 saturated heterocycles. The summed E-state index contributed by atoms with van der Waals surface area (Å²) < 4.78 is 0. The molecule has 0 amide bonds. The summed E-state index contributed by atoms with van der Waals surface area (Å²) in [5.41, 5.74) is 1.57. The molecule has 0 saturated carbocycles. The number of hydroxylamine groups is 1. The van der Waals surface area contributed by atoms with Gasteiger partial charge in [-0.25, -0.2) is 0 Å². The average Bonchev–Trinajstić information content (AvgIpc) is 1.88. The van der Waals surface area contributed by atoms with E-state index in [2.05, 4.69) is 0 Å². The summed E-state index contributed by atoms with van der Waals surface area (Å²) in [7, 11) is 0. The minimum absolute atomic E-state index is 0. The molecule has 0 aliphatic heterocycles. The number of alkyl halides is 1. The van der Waals surface area contributed by atoms with Gasteiger partial charge in [0.2, 0.25) is 0 Å². The molecule has 10 heavy (non-hydrogen) atoms. The van der Waals surface area contributed by atoms with Gasteiger partial charge in [-0.15, -0.1) is 18.2 Å². The molecule has 0 bridgehead atoms. The molecule has 0 aliphatic carbocycles. The van der Waals surface area contributed by atoms with E-state index in [1.165, 1.54) is 0 Å². The first-order valence-electron chi connectivity index (χ1n) is 2.34. The van der Waals surface area contributed by atoms with Crippen LogP contribution in [0.5, 0.6) is 0 Å². The molecule has 6 heteroatoms. The van der Waals surface area contributed by atoms with Crippen LogP contribution in [0.15, 0.2) is 0 Å². The molecule has 0 fully saturated rings. The van der Waals surface area contributed by atoms with Crippen LogP contribution in [0.25, 0.3) is 0 Å². The Labute approximate surface area is 87.3 Å². The molecule has 0 aromatic heterocycles. The number of halogens is 1. The van der Waals surface area contributed by atoms with Crippen LogP contribution in [0.3, 0.4) is 0 Å². The van der Waals surface area contributed by atoms with Crippen molar-refractivity contribution in [3.63, 3.8) is 0 Å². The van der Waals surface area contributed by atoms with Gasteiger partial charge in [0.1, 0.15) is 5.84 Å². The smallest absolute Gasteiger partial charge is 0.855 e. The molecule has 0 aromatic rings. The third-order valence-corrected chi connectivity index (χ3v) is 0.536. The molecule has 0 unspecified atom stereocenters. The van der Waals surface area contributed by atoms with Gasteiger partial charge in [0.25, 0.3) is 0 Å². The first kappa shape index (κ1) is 17.0. The van der Waals surface area contributed by atoms with Crippen molar-refractivity contribution in [2.24, 2.45) is 0 Å². The standard InChI is InChI=1S/C2H5ClN2O.C2H5O.Na/c3-1-2(4)5-6;1-2-3;/h6H,1H2,(H2,4,5);2H2,1H3;/q;-1;+1. The number of hydrogen-bond donors (Lipinski definition) is 3. The summed E-state index contributed by atoms with van der Waals surface area (Å²) >= 11 is 5.01. The predicted molar refractivity (Wildman–Crippen MR) is 33.9 cm³/mol. The molecular formula is C4H10ClN2NaO2. The van der Waals surface area contributed by atoms with Crippen LogP contribution in [0.2, 0.25) is 0 Å². The quantitative estimate of drug-likeness (QED) is 0.128. The fourth-order valence-corrected chi connectivity index (χ4v) is 0.0896. The van der Waals surface area contributed by atoms with Crippen LogP contribution in [0, 0.1) is 5.41 Å². The summed E-state index contributed by atoms with van der Waals surface area (Å²) in [6.45, 7) is 1.57. The normalized spacial score (nSPS) is 6.40. The third-order valence-electron chi connectivity index (χ3n) is 0.269. The summed E-state index contributed by atoms with van der Waals surface area (Å²) in [6.07, 6.45) is 0. The second kappa shape index (κ2) is 16.3. The van der Waals surface area contributed by atoms with Gasteiger partial charge in [-0.3, -0.25) is 16.1 Å². The Bertz CT molecular complexity index is 68.3. The predicted octanol–water partition coefficient (Wildman–Crippen LogP) is -3.45. The van der Waals surface area contributed by atoms with Crippen molar-refractivity contribution < 1.29 is 39.9 Å². The Morgan fingerprint density at radius 1 is 1.80 bits per heavy atom. The first-order valence-corrected chi connectivity index (χ1v) is 2.87.